The van der Waals surface area contributed by atoms with E-state index in [1.54, 1.807) is 12.1 Å². The normalized spacial score (nSPS) is 17.4. The fourth-order valence-electron chi connectivity index (χ4n) is 4.17. The van der Waals surface area contributed by atoms with Crippen molar-refractivity contribution < 1.29 is 19.4 Å². The number of nitrogens with one attached hydrogen (secondary N) is 1. The van der Waals surface area contributed by atoms with Crippen LogP contribution in [0.15, 0.2) is 29.1 Å². The lowest BCUT2D eigenvalue weighted by Crippen LogP contribution is -2.45. The van der Waals surface area contributed by atoms with Crippen LogP contribution in [0.2, 0.25) is 0 Å². The highest BCUT2D eigenvalue weighted by molar-refractivity contribution is 5.96. The minimum Gasteiger partial charge on any atom is -0.504 e. The molecule has 7 nitrogen and oxygen atoms in total. The van der Waals surface area contributed by atoms with Gasteiger partial charge in [-0.1, -0.05) is 12.1 Å². The molecule has 1 saturated heterocycles. The van der Waals surface area contributed by atoms with Crippen molar-refractivity contribution in [2.45, 2.75) is 32.4 Å². The Kier molecular flexibility index (Phi) is 5.27. The van der Waals surface area contributed by atoms with Gasteiger partial charge < -0.3 is 20.4 Å². The first-order valence-electron chi connectivity index (χ1n) is 9.87. The zero-order chi connectivity index (χ0) is 20.5. The van der Waals surface area contributed by atoms with Gasteiger partial charge in [0.25, 0.3) is 11.5 Å². The molecule has 29 heavy (non-hydrogen) atoms. The number of amides is 1. The molecule has 1 aromatic heterocycles. The van der Waals surface area contributed by atoms with Gasteiger partial charge in [0, 0.05) is 19.6 Å². The molecule has 0 aliphatic carbocycles. The van der Waals surface area contributed by atoms with Crippen LogP contribution >= 0.6 is 0 Å². The summed E-state index contributed by atoms with van der Waals surface area (Å²) in [4.78, 5) is 27.4. The Morgan fingerprint density at radius 1 is 1.03 bits per heavy atom. The lowest BCUT2D eigenvalue weighted by molar-refractivity contribution is 0.0679. The van der Waals surface area contributed by atoms with Crippen LogP contribution in [0.4, 0.5) is 4.39 Å². The molecule has 4 rings (SSSR count). The van der Waals surface area contributed by atoms with Gasteiger partial charge in [0.05, 0.1) is 5.56 Å². The van der Waals surface area contributed by atoms with Gasteiger partial charge in [-0.05, 0) is 56.0 Å². The van der Waals surface area contributed by atoms with Crippen molar-refractivity contribution in [3.05, 3.63) is 57.3 Å². The Balaban J connectivity index is 1.63. The minimum atomic E-state index is -0.539. The first kappa shape index (κ1) is 19.4. The molecule has 1 aromatic carbocycles. The van der Waals surface area contributed by atoms with E-state index >= 15 is 0 Å². The van der Waals surface area contributed by atoms with Gasteiger partial charge in [0.1, 0.15) is 5.82 Å². The molecule has 2 aliphatic heterocycles. The molecule has 154 valence electrons. The van der Waals surface area contributed by atoms with E-state index in [0.717, 1.165) is 31.5 Å². The molecule has 3 heterocycles. The maximum atomic E-state index is 13.1. The maximum absolute atomic E-state index is 13.1. The summed E-state index contributed by atoms with van der Waals surface area (Å²) < 4.78 is 14.4. The lowest BCUT2D eigenvalue weighted by Gasteiger charge is -2.31. The Labute approximate surface area is 167 Å². The van der Waals surface area contributed by atoms with Crippen LogP contribution in [0.1, 0.15) is 34.5 Å². The largest absolute Gasteiger partial charge is 0.504 e. The van der Waals surface area contributed by atoms with Crippen molar-refractivity contribution in [1.29, 1.82) is 0 Å². The van der Waals surface area contributed by atoms with Crippen LogP contribution < -0.4 is 10.9 Å². The molecular weight excluding hydrogens is 377 g/mol. The third-order valence-corrected chi connectivity index (χ3v) is 5.83. The molecule has 1 fully saturated rings. The fraction of sp³-hybridized carbons (Fsp3) is 0.429. The van der Waals surface area contributed by atoms with E-state index in [1.807, 2.05) is 0 Å². The van der Waals surface area contributed by atoms with Crippen LogP contribution in [0.5, 0.6) is 11.5 Å². The quantitative estimate of drug-likeness (QED) is 0.723. The monoisotopic (exact) mass is 401 g/mol. The van der Waals surface area contributed by atoms with Gasteiger partial charge in [-0.3, -0.25) is 14.2 Å². The van der Waals surface area contributed by atoms with E-state index in [0.29, 0.717) is 13.0 Å². The Hall–Kier alpha value is -2.87. The number of hydrogen-bond acceptors (Lipinski definition) is 5. The second-order valence-electron chi connectivity index (χ2n) is 7.73. The molecule has 1 amide bonds. The van der Waals surface area contributed by atoms with Crippen LogP contribution in [-0.4, -0.2) is 45.2 Å². The molecule has 0 unspecified atom stereocenters. The van der Waals surface area contributed by atoms with E-state index in [1.165, 1.54) is 21.6 Å². The predicted molar refractivity (Wildman–Crippen MR) is 104 cm³/mol. The summed E-state index contributed by atoms with van der Waals surface area (Å²) in [7, 11) is 0. The summed E-state index contributed by atoms with van der Waals surface area (Å²) in [6, 6.07) is 5.81. The second kappa shape index (κ2) is 7.87. The van der Waals surface area contributed by atoms with Gasteiger partial charge in [0.2, 0.25) is 0 Å². The number of rotatable bonds is 4. The maximum Gasteiger partial charge on any atom is 0.274 e. The third kappa shape index (κ3) is 3.72. The third-order valence-electron chi connectivity index (χ3n) is 5.83. The zero-order valence-electron chi connectivity index (χ0n) is 16.0. The second-order valence-corrected chi connectivity index (χ2v) is 7.73. The molecule has 2 aliphatic rings. The van der Waals surface area contributed by atoms with Crippen molar-refractivity contribution in [3.63, 3.8) is 0 Å². The predicted octanol–water partition coefficient (Wildman–Crippen LogP) is 1.60. The topological polar surface area (TPSA) is 94.8 Å². The molecule has 0 atom stereocenters. The first-order chi connectivity index (χ1) is 14.0. The highest BCUT2D eigenvalue weighted by Gasteiger charge is 2.33. The summed E-state index contributed by atoms with van der Waals surface area (Å²) in [6.07, 6.45) is 2.17. The van der Waals surface area contributed by atoms with Gasteiger partial charge >= 0.3 is 0 Å². The Morgan fingerprint density at radius 2 is 1.72 bits per heavy atom. The number of aromatic hydroxyl groups is 2. The van der Waals surface area contributed by atoms with Crippen molar-refractivity contribution in [3.8, 4) is 11.5 Å². The average Bonchev–Trinajstić information content (AvgIpc) is 2.73. The molecule has 0 radical (unpaired) electrons. The smallest absolute Gasteiger partial charge is 0.274 e. The van der Waals surface area contributed by atoms with E-state index in [-0.39, 0.29) is 36.1 Å². The highest BCUT2D eigenvalue weighted by atomic mass is 19.1. The van der Waals surface area contributed by atoms with Gasteiger partial charge in [-0.25, -0.2) is 4.39 Å². The number of nitrogens with zero attached hydrogens (tertiary/aromatic N) is 2. The summed E-state index contributed by atoms with van der Waals surface area (Å²) in [5.74, 6) is -1.67. The van der Waals surface area contributed by atoms with Crippen LogP contribution in [-0.2, 0) is 19.5 Å². The van der Waals surface area contributed by atoms with E-state index in [9.17, 15) is 24.2 Å². The fourth-order valence-corrected chi connectivity index (χ4v) is 4.17. The van der Waals surface area contributed by atoms with Crippen molar-refractivity contribution in [2.24, 2.45) is 5.92 Å². The molecule has 0 saturated carbocycles. The molecule has 0 spiro atoms. The van der Waals surface area contributed by atoms with Crippen LogP contribution in [0.25, 0.3) is 0 Å². The van der Waals surface area contributed by atoms with Crippen molar-refractivity contribution in [1.82, 2.24) is 14.8 Å². The van der Waals surface area contributed by atoms with Crippen molar-refractivity contribution in [2.75, 3.05) is 19.6 Å². The van der Waals surface area contributed by atoms with Gasteiger partial charge in [-0.15, -0.1) is 0 Å². The van der Waals surface area contributed by atoms with Gasteiger partial charge in [0.15, 0.2) is 17.2 Å². The highest BCUT2D eigenvalue weighted by Crippen LogP contribution is 2.35. The Bertz CT molecular complexity index is 981. The number of carbonyl (C=O) groups excluding carboxylic acids is 1. The molecule has 3 N–H and O–H groups in total. The number of aromatic nitrogens is 1. The summed E-state index contributed by atoms with van der Waals surface area (Å²) in [5.41, 5.74) is 0.318. The SMILES string of the molecule is O=C1c2c(O)c(O)c(CC3CCNCC3)c(=O)n2CCN1Cc1ccc(F)cc1. The van der Waals surface area contributed by atoms with E-state index in [4.69, 9.17) is 0 Å². The summed E-state index contributed by atoms with van der Waals surface area (Å²) in [5, 5.41) is 24.3. The average molecular weight is 401 g/mol. The number of benzene rings is 1. The number of pyridine rings is 1. The van der Waals surface area contributed by atoms with Gasteiger partial charge in [-0.2, -0.15) is 0 Å². The lowest BCUT2D eigenvalue weighted by atomic mass is 9.90. The molecule has 2 aromatic rings. The summed E-state index contributed by atoms with van der Waals surface area (Å²) in [6.45, 7) is 2.47. The number of piperidine rings is 1. The van der Waals surface area contributed by atoms with Crippen LogP contribution in [0.3, 0.4) is 0 Å². The van der Waals surface area contributed by atoms with Crippen molar-refractivity contribution >= 4 is 5.91 Å². The Morgan fingerprint density at radius 3 is 2.41 bits per heavy atom. The van der Waals surface area contributed by atoms with E-state index in [2.05, 4.69) is 5.32 Å². The van der Waals surface area contributed by atoms with Crippen LogP contribution in [0, 0.1) is 11.7 Å². The standard InChI is InChI=1S/C21H24FN3O4/c22-15-3-1-14(2-4-15)12-24-9-10-25-17(21(24)29)19(27)18(26)16(20(25)28)11-13-5-7-23-8-6-13/h1-4,13,23,26-27H,5-12H2. The number of hydrogen-bond donors (Lipinski definition) is 3. The minimum absolute atomic E-state index is 0.179. The molecular formula is C21H24FN3O4. The molecule has 8 heteroatoms. The zero-order valence-corrected chi connectivity index (χ0v) is 16.0. The van der Waals surface area contributed by atoms with E-state index < -0.39 is 23.0 Å². The number of carbonyl (C=O) groups is 1. The summed E-state index contributed by atoms with van der Waals surface area (Å²) >= 11 is 0. The number of fused-ring (bicyclic) bond motifs is 1. The number of halogens is 1. The first-order valence-corrected chi connectivity index (χ1v) is 9.87. The molecule has 0 bridgehead atoms.